The molecule has 0 bridgehead atoms. The van der Waals surface area contributed by atoms with Crippen molar-refractivity contribution in [2.75, 3.05) is 7.11 Å². The van der Waals surface area contributed by atoms with Crippen molar-refractivity contribution in [3.05, 3.63) is 42.1 Å². The number of hydrogen-bond acceptors (Lipinski definition) is 3. The van der Waals surface area contributed by atoms with Gasteiger partial charge in [0.25, 0.3) is 0 Å². The third-order valence-corrected chi connectivity index (χ3v) is 3.49. The predicted octanol–water partition coefficient (Wildman–Crippen LogP) is 2.42. The average molecular weight is 260 g/mol. The molecule has 3 rings (SSSR count). The zero-order valence-electron chi connectivity index (χ0n) is 10.4. The van der Waals surface area contributed by atoms with Crippen molar-refractivity contribution >= 4 is 5.97 Å². The molecule has 0 radical (unpaired) electrons. The Balaban J connectivity index is 1.94. The minimum absolute atomic E-state index is 0.271. The molecule has 19 heavy (non-hydrogen) atoms. The van der Waals surface area contributed by atoms with Crippen LogP contribution < -0.4 is 0 Å². The van der Waals surface area contributed by atoms with Crippen molar-refractivity contribution in [1.82, 2.24) is 9.97 Å². The summed E-state index contributed by atoms with van der Waals surface area (Å²) in [6, 6.07) is 6.24. The number of carbonyl (C=O) groups is 1. The number of halogens is 1. The number of methoxy groups -OCH3 is 1. The number of hydrogen-bond donors (Lipinski definition) is 1. The van der Waals surface area contributed by atoms with Gasteiger partial charge in [-0.1, -0.05) is 12.1 Å². The topological polar surface area (TPSA) is 55.0 Å². The number of aromatic amines is 1. The standard InChI is InChI=1S/C14H13FN2O2/c1-19-13(18)14(5-6-14)12-16-8-11(17-12)9-3-2-4-10(15)7-9/h2-4,7-8H,5-6H2,1H3,(H,16,17). The summed E-state index contributed by atoms with van der Waals surface area (Å²) in [6.07, 6.45) is 3.08. The highest BCUT2D eigenvalue weighted by Gasteiger charge is 2.55. The Labute approximate surface area is 109 Å². The van der Waals surface area contributed by atoms with Crippen molar-refractivity contribution in [1.29, 1.82) is 0 Å². The van der Waals surface area contributed by atoms with Crippen LogP contribution in [0.4, 0.5) is 4.39 Å². The van der Waals surface area contributed by atoms with Crippen LogP contribution in [-0.4, -0.2) is 23.0 Å². The first-order chi connectivity index (χ1) is 9.15. The van der Waals surface area contributed by atoms with E-state index in [4.69, 9.17) is 4.74 Å². The number of nitrogens with zero attached hydrogens (tertiary/aromatic N) is 1. The van der Waals surface area contributed by atoms with Crippen LogP contribution in [0.3, 0.4) is 0 Å². The van der Waals surface area contributed by atoms with Crippen LogP contribution in [0, 0.1) is 5.82 Å². The molecule has 0 aliphatic heterocycles. The fourth-order valence-corrected chi connectivity index (χ4v) is 2.23. The molecule has 4 nitrogen and oxygen atoms in total. The number of benzene rings is 1. The summed E-state index contributed by atoms with van der Waals surface area (Å²) in [5.74, 6) is 0.0222. The monoisotopic (exact) mass is 260 g/mol. The molecular weight excluding hydrogens is 247 g/mol. The third kappa shape index (κ3) is 1.91. The maximum Gasteiger partial charge on any atom is 0.319 e. The predicted molar refractivity (Wildman–Crippen MR) is 66.9 cm³/mol. The zero-order valence-corrected chi connectivity index (χ0v) is 10.4. The van der Waals surface area contributed by atoms with Gasteiger partial charge in [0.05, 0.1) is 19.0 Å². The van der Waals surface area contributed by atoms with Crippen LogP contribution in [0.2, 0.25) is 0 Å². The van der Waals surface area contributed by atoms with Gasteiger partial charge in [0, 0.05) is 5.56 Å². The van der Waals surface area contributed by atoms with Crippen molar-refractivity contribution in [2.24, 2.45) is 0 Å². The van der Waals surface area contributed by atoms with E-state index in [0.29, 0.717) is 17.1 Å². The molecule has 0 unspecified atom stereocenters. The van der Waals surface area contributed by atoms with Crippen molar-refractivity contribution in [2.45, 2.75) is 18.3 Å². The lowest BCUT2D eigenvalue weighted by Gasteiger charge is -2.08. The van der Waals surface area contributed by atoms with E-state index < -0.39 is 5.41 Å². The number of carbonyl (C=O) groups excluding carboxylic acids is 1. The van der Waals surface area contributed by atoms with E-state index in [1.165, 1.54) is 19.2 Å². The second-order valence-corrected chi connectivity index (χ2v) is 4.73. The zero-order chi connectivity index (χ0) is 13.5. The van der Waals surface area contributed by atoms with Gasteiger partial charge in [-0.25, -0.2) is 9.37 Å². The van der Waals surface area contributed by atoms with E-state index in [2.05, 4.69) is 9.97 Å². The number of ether oxygens (including phenoxy) is 1. The molecule has 1 aliphatic rings. The van der Waals surface area contributed by atoms with Gasteiger partial charge in [0.1, 0.15) is 17.1 Å². The summed E-state index contributed by atoms with van der Waals surface area (Å²) < 4.78 is 18.0. The van der Waals surface area contributed by atoms with Crippen LogP contribution in [0.15, 0.2) is 30.5 Å². The molecule has 1 aromatic carbocycles. The van der Waals surface area contributed by atoms with Crippen LogP contribution in [0.1, 0.15) is 18.7 Å². The molecule has 1 N–H and O–H groups in total. The molecule has 1 aromatic heterocycles. The molecule has 1 fully saturated rings. The Hall–Kier alpha value is -2.17. The van der Waals surface area contributed by atoms with E-state index in [-0.39, 0.29) is 11.8 Å². The van der Waals surface area contributed by atoms with E-state index in [1.807, 2.05) is 0 Å². The molecule has 2 aromatic rings. The van der Waals surface area contributed by atoms with Gasteiger partial charge < -0.3 is 9.72 Å². The van der Waals surface area contributed by atoms with Gasteiger partial charge in [-0.2, -0.15) is 0 Å². The number of esters is 1. The minimum atomic E-state index is -0.625. The lowest BCUT2D eigenvalue weighted by atomic mass is 10.1. The van der Waals surface area contributed by atoms with E-state index in [0.717, 1.165) is 12.8 Å². The molecule has 5 heteroatoms. The van der Waals surface area contributed by atoms with Gasteiger partial charge in [-0.3, -0.25) is 4.79 Å². The molecule has 0 spiro atoms. The highest BCUT2D eigenvalue weighted by Crippen LogP contribution is 2.48. The molecular formula is C14H13FN2O2. The van der Waals surface area contributed by atoms with Crippen molar-refractivity contribution < 1.29 is 13.9 Å². The van der Waals surface area contributed by atoms with Crippen LogP contribution in [-0.2, 0) is 14.9 Å². The first-order valence-electron chi connectivity index (χ1n) is 6.05. The SMILES string of the molecule is COC(=O)C1(c2ncc(-c3cccc(F)c3)[nH]2)CC1. The molecule has 1 heterocycles. The highest BCUT2D eigenvalue weighted by atomic mass is 19.1. The number of aromatic nitrogens is 2. The lowest BCUT2D eigenvalue weighted by molar-refractivity contribution is -0.143. The van der Waals surface area contributed by atoms with Crippen molar-refractivity contribution in [3.8, 4) is 11.3 Å². The molecule has 1 saturated carbocycles. The van der Waals surface area contributed by atoms with Gasteiger partial charge in [-0.15, -0.1) is 0 Å². The Kier molecular flexibility index (Phi) is 2.62. The Morgan fingerprint density at radius 3 is 2.89 bits per heavy atom. The second kappa shape index (κ2) is 4.19. The third-order valence-electron chi connectivity index (χ3n) is 3.49. The van der Waals surface area contributed by atoms with Gasteiger partial charge in [0.2, 0.25) is 0 Å². The van der Waals surface area contributed by atoms with E-state index in [1.54, 1.807) is 18.3 Å². The highest BCUT2D eigenvalue weighted by molar-refractivity contribution is 5.85. The fraction of sp³-hybridized carbons (Fsp3) is 0.286. The maximum absolute atomic E-state index is 13.2. The number of H-pyrrole nitrogens is 1. The van der Waals surface area contributed by atoms with Crippen LogP contribution >= 0.6 is 0 Å². The van der Waals surface area contributed by atoms with Crippen LogP contribution in [0.25, 0.3) is 11.3 Å². The Morgan fingerprint density at radius 1 is 1.47 bits per heavy atom. The largest absolute Gasteiger partial charge is 0.468 e. The lowest BCUT2D eigenvalue weighted by Crippen LogP contribution is -2.23. The number of imidazole rings is 1. The Morgan fingerprint density at radius 2 is 2.26 bits per heavy atom. The normalized spacial score (nSPS) is 16.1. The first kappa shape index (κ1) is 11.9. The molecule has 0 saturated heterocycles. The second-order valence-electron chi connectivity index (χ2n) is 4.73. The minimum Gasteiger partial charge on any atom is -0.468 e. The number of nitrogens with one attached hydrogen (secondary N) is 1. The fourth-order valence-electron chi connectivity index (χ4n) is 2.23. The van der Waals surface area contributed by atoms with Gasteiger partial charge in [0.15, 0.2) is 0 Å². The summed E-state index contributed by atoms with van der Waals surface area (Å²) in [4.78, 5) is 19.1. The molecule has 98 valence electrons. The molecule has 1 aliphatic carbocycles. The molecule has 0 atom stereocenters. The average Bonchev–Trinajstić information content (AvgIpc) is 3.08. The number of rotatable bonds is 3. The van der Waals surface area contributed by atoms with E-state index in [9.17, 15) is 9.18 Å². The van der Waals surface area contributed by atoms with Crippen molar-refractivity contribution in [3.63, 3.8) is 0 Å². The summed E-state index contributed by atoms with van der Waals surface area (Å²) >= 11 is 0. The summed E-state index contributed by atoms with van der Waals surface area (Å²) in [6.45, 7) is 0. The summed E-state index contributed by atoms with van der Waals surface area (Å²) in [5, 5.41) is 0. The summed E-state index contributed by atoms with van der Waals surface area (Å²) in [7, 11) is 1.37. The summed E-state index contributed by atoms with van der Waals surface area (Å²) in [5.41, 5.74) is 0.782. The Bertz CT molecular complexity index is 632. The van der Waals surface area contributed by atoms with Crippen LogP contribution in [0.5, 0.6) is 0 Å². The first-order valence-corrected chi connectivity index (χ1v) is 6.05. The van der Waals surface area contributed by atoms with E-state index >= 15 is 0 Å². The quantitative estimate of drug-likeness (QED) is 0.862. The van der Waals surface area contributed by atoms with Gasteiger partial charge >= 0.3 is 5.97 Å². The van der Waals surface area contributed by atoms with Gasteiger partial charge in [-0.05, 0) is 25.0 Å². The maximum atomic E-state index is 13.2. The smallest absolute Gasteiger partial charge is 0.319 e. The molecule has 0 amide bonds.